The predicted octanol–water partition coefficient (Wildman–Crippen LogP) is 4.78. The molecule has 17 heavy (non-hydrogen) atoms. The monoisotopic (exact) mass is 303 g/mol. The van der Waals surface area contributed by atoms with Crippen molar-refractivity contribution in [2.75, 3.05) is 0 Å². The third-order valence-electron chi connectivity index (χ3n) is 2.38. The molecule has 0 radical (unpaired) electrons. The summed E-state index contributed by atoms with van der Waals surface area (Å²) in [6.07, 6.45) is 0. The van der Waals surface area contributed by atoms with Gasteiger partial charge in [-0.15, -0.1) is 0 Å². The van der Waals surface area contributed by atoms with E-state index in [2.05, 4.69) is 28.1 Å². The number of benzene rings is 2. The van der Waals surface area contributed by atoms with Crippen LogP contribution in [0.4, 0.5) is 0 Å². The topological polar surface area (TPSA) is 23.8 Å². The van der Waals surface area contributed by atoms with Gasteiger partial charge in [-0.2, -0.15) is 5.26 Å². The van der Waals surface area contributed by atoms with Crippen LogP contribution in [0.1, 0.15) is 11.1 Å². The molecular weight excluding hydrogens is 294 g/mol. The van der Waals surface area contributed by atoms with E-state index in [1.54, 1.807) is 11.8 Å². The Morgan fingerprint density at radius 3 is 2.59 bits per heavy atom. The highest BCUT2D eigenvalue weighted by molar-refractivity contribution is 9.10. The van der Waals surface area contributed by atoms with Gasteiger partial charge in [0.05, 0.1) is 11.6 Å². The number of aryl methyl sites for hydroxylation is 1. The van der Waals surface area contributed by atoms with Crippen molar-refractivity contribution in [1.29, 1.82) is 5.26 Å². The zero-order valence-electron chi connectivity index (χ0n) is 9.27. The van der Waals surface area contributed by atoms with E-state index in [0.717, 1.165) is 20.5 Å². The molecule has 0 aliphatic heterocycles. The van der Waals surface area contributed by atoms with Gasteiger partial charge in [0.1, 0.15) is 0 Å². The minimum absolute atomic E-state index is 0.737. The highest BCUT2D eigenvalue weighted by atomic mass is 79.9. The van der Waals surface area contributed by atoms with E-state index >= 15 is 0 Å². The second-order valence-corrected chi connectivity index (χ2v) is 5.59. The van der Waals surface area contributed by atoms with Crippen molar-refractivity contribution in [2.45, 2.75) is 16.7 Å². The third kappa shape index (κ3) is 2.91. The van der Waals surface area contributed by atoms with Gasteiger partial charge in [0.25, 0.3) is 0 Å². The zero-order valence-corrected chi connectivity index (χ0v) is 11.7. The van der Waals surface area contributed by atoms with Gasteiger partial charge >= 0.3 is 0 Å². The smallest absolute Gasteiger partial charge is 0.0994 e. The fraction of sp³-hybridized carbons (Fsp3) is 0.0714. The molecule has 0 N–H and O–H groups in total. The van der Waals surface area contributed by atoms with E-state index in [1.165, 1.54) is 4.90 Å². The van der Waals surface area contributed by atoms with Crippen LogP contribution in [0.3, 0.4) is 0 Å². The number of hydrogen-bond acceptors (Lipinski definition) is 2. The van der Waals surface area contributed by atoms with Crippen LogP contribution in [0, 0.1) is 18.3 Å². The Hall–Kier alpha value is -1.24. The number of nitriles is 1. The molecule has 0 fully saturated rings. The van der Waals surface area contributed by atoms with Crippen molar-refractivity contribution < 1.29 is 0 Å². The van der Waals surface area contributed by atoms with E-state index in [4.69, 9.17) is 5.26 Å². The molecule has 0 heterocycles. The lowest BCUT2D eigenvalue weighted by Gasteiger charge is -2.05. The minimum atomic E-state index is 0.737. The van der Waals surface area contributed by atoms with Gasteiger partial charge in [0.15, 0.2) is 0 Å². The first-order valence-corrected chi connectivity index (χ1v) is 6.75. The summed E-state index contributed by atoms with van der Waals surface area (Å²) in [5, 5.41) is 8.88. The lowest BCUT2D eigenvalue weighted by molar-refractivity contribution is 1.31. The number of rotatable bonds is 2. The summed E-state index contributed by atoms with van der Waals surface area (Å²) in [4.78, 5) is 2.32. The van der Waals surface area contributed by atoms with Crippen molar-refractivity contribution in [3.8, 4) is 6.07 Å². The van der Waals surface area contributed by atoms with Crippen LogP contribution in [-0.2, 0) is 0 Å². The summed E-state index contributed by atoms with van der Waals surface area (Å²) < 4.78 is 1.09. The zero-order chi connectivity index (χ0) is 12.3. The van der Waals surface area contributed by atoms with E-state index in [9.17, 15) is 0 Å². The van der Waals surface area contributed by atoms with E-state index < -0.39 is 0 Å². The summed E-state index contributed by atoms with van der Waals surface area (Å²) >= 11 is 5.22. The molecule has 0 atom stereocenters. The van der Waals surface area contributed by atoms with Gasteiger partial charge in [0.2, 0.25) is 0 Å². The Balaban J connectivity index is 2.29. The lowest BCUT2D eigenvalue weighted by Crippen LogP contribution is -1.83. The Labute approximate surface area is 114 Å². The van der Waals surface area contributed by atoms with Gasteiger partial charge in [-0.3, -0.25) is 0 Å². The fourth-order valence-electron chi connectivity index (χ4n) is 1.48. The summed E-state index contributed by atoms with van der Waals surface area (Å²) in [7, 11) is 0. The molecule has 0 aromatic heterocycles. The molecule has 0 amide bonds. The molecule has 0 unspecified atom stereocenters. The maximum absolute atomic E-state index is 8.88. The molecule has 0 saturated heterocycles. The second kappa shape index (κ2) is 5.39. The SMILES string of the molecule is Cc1cc(Sc2ccccc2Br)ccc1C#N. The molecule has 0 bridgehead atoms. The molecule has 0 aliphatic rings. The van der Waals surface area contributed by atoms with Crippen molar-refractivity contribution in [2.24, 2.45) is 0 Å². The van der Waals surface area contributed by atoms with Gasteiger partial charge in [-0.1, -0.05) is 23.9 Å². The average molecular weight is 304 g/mol. The van der Waals surface area contributed by atoms with Crippen molar-refractivity contribution in [3.05, 3.63) is 58.1 Å². The van der Waals surface area contributed by atoms with Crippen molar-refractivity contribution in [3.63, 3.8) is 0 Å². The molecule has 0 spiro atoms. The largest absolute Gasteiger partial charge is 0.192 e. The quantitative estimate of drug-likeness (QED) is 0.797. The Bertz CT molecular complexity index is 587. The fourth-order valence-corrected chi connectivity index (χ4v) is 2.95. The molecule has 0 saturated carbocycles. The maximum Gasteiger partial charge on any atom is 0.0994 e. The molecule has 0 aliphatic carbocycles. The molecule has 2 rings (SSSR count). The van der Waals surface area contributed by atoms with Gasteiger partial charge in [-0.25, -0.2) is 0 Å². The van der Waals surface area contributed by atoms with Crippen LogP contribution in [0.15, 0.2) is 56.7 Å². The molecular formula is C14H10BrNS. The van der Waals surface area contributed by atoms with Gasteiger partial charge < -0.3 is 0 Å². The average Bonchev–Trinajstić information content (AvgIpc) is 2.32. The Morgan fingerprint density at radius 2 is 1.94 bits per heavy atom. The molecule has 3 heteroatoms. The lowest BCUT2D eigenvalue weighted by atomic mass is 10.1. The second-order valence-electron chi connectivity index (χ2n) is 3.62. The molecule has 2 aromatic rings. The van der Waals surface area contributed by atoms with Gasteiger partial charge in [0, 0.05) is 14.3 Å². The Kier molecular flexibility index (Phi) is 3.88. The van der Waals surface area contributed by atoms with Crippen LogP contribution in [0.5, 0.6) is 0 Å². The highest BCUT2D eigenvalue weighted by Crippen LogP contribution is 2.33. The Morgan fingerprint density at radius 1 is 1.18 bits per heavy atom. The third-order valence-corrected chi connectivity index (χ3v) is 4.40. The van der Waals surface area contributed by atoms with Crippen LogP contribution in [0.2, 0.25) is 0 Å². The summed E-state index contributed by atoms with van der Waals surface area (Å²) in [6, 6.07) is 16.2. The molecule has 1 nitrogen and oxygen atoms in total. The van der Waals surface area contributed by atoms with Crippen LogP contribution in [0.25, 0.3) is 0 Å². The van der Waals surface area contributed by atoms with Crippen LogP contribution in [-0.4, -0.2) is 0 Å². The number of halogens is 1. The van der Waals surface area contributed by atoms with Crippen molar-refractivity contribution in [1.82, 2.24) is 0 Å². The van der Waals surface area contributed by atoms with E-state index in [1.807, 2.05) is 43.3 Å². The first-order chi connectivity index (χ1) is 8.20. The predicted molar refractivity (Wildman–Crippen MR) is 74.2 cm³/mol. The van der Waals surface area contributed by atoms with Gasteiger partial charge in [-0.05, 0) is 58.7 Å². The van der Waals surface area contributed by atoms with Crippen LogP contribution < -0.4 is 0 Å². The first-order valence-electron chi connectivity index (χ1n) is 5.14. The summed E-state index contributed by atoms with van der Waals surface area (Å²) in [6.45, 7) is 1.96. The highest BCUT2D eigenvalue weighted by Gasteiger charge is 2.03. The molecule has 2 aromatic carbocycles. The minimum Gasteiger partial charge on any atom is -0.192 e. The van der Waals surface area contributed by atoms with E-state index in [-0.39, 0.29) is 0 Å². The number of hydrogen-bond donors (Lipinski definition) is 0. The number of nitrogens with zero attached hydrogens (tertiary/aromatic N) is 1. The standard InChI is InChI=1S/C14H10BrNS/c1-10-8-12(7-6-11(10)9-16)17-14-5-3-2-4-13(14)15/h2-8H,1H3. The van der Waals surface area contributed by atoms with E-state index in [0.29, 0.717) is 0 Å². The summed E-state index contributed by atoms with van der Waals surface area (Å²) in [5.74, 6) is 0. The normalized spacial score (nSPS) is 9.94. The maximum atomic E-state index is 8.88. The molecule has 84 valence electrons. The summed E-state index contributed by atoms with van der Waals surface area (Å²) in [5.41, 5.74) is 1.76. The first kappa shape index (κ1) is 12.2. The van der Waals surface area contributed by atoms with Crippen molar-refractivity contribution >= 4 is 27.7 Å². The van der Waals surface area contributed by atoms with Crippen LogP contribution >= 0.6 is 27.7 Å².